The summed E-state index contributed by atoms with van der Waals surface area (Å²) < 4.78 is 32.8. The fourth-order valence-corrected chi connectivity index (χ4v) is 3.59. The summed E-state index contributed by atoms with van der Waals surface area (Å²) in [5, 5.41) is 0. The van der Waals surface area contributed by atoms with Gasteiger partial charge in [-0.15, -0.1) is 0 Å². The lowest BCUT2D eigenvalue weighted by Gasteiger charge is -2.08. The van der Waals surface area contributed by atoms with Crippen molar-refractivity contribution in [2.45, 2.75) is 11.3 Å². The third-order valence-electron chi connectivity index (χ3n) is 3.94. The molecule has 0 atom stereocenters. The van der Waals surface area contributed by atoms with Crippen LogP contribution in [0.25, 0.3) is 6.08 Å². The van der Waals surface area contributed by atoms with Crippen molar-refractivity contribution in [1.29, 1.82) is 0 Å². The molecule has 0 aliphatic heterocycles. The first-order chi connectivity index (χ1) is 14.0. The lowest BCUT2D eigenvalue weighted by atomic mass is 10.1. The van der Waals surface area contributed by atoms with Crippen molar-refractivity contribution in [2.24, 2.45) is 0 Å². The maximum Gasteiger partial charge on any atom is 0.261 e. The van der Waals surface area contributed by atoms with Crippen LogP contribution >= 0.6 is 0 Å². The average molecular weight is 406 g/mol. The van der Waals surface area contributed by atoms with E-state index in [0.717, 1.165) is 0 Å². The van der Waals surface area contributed by atoms with Gasteiger partial charge in [-0.1, -0.05) is 54.6 Å². The Morgan fingerprint density at radius 1 is 1.00 bits per heavy atom. The van der Waals surface area contributed by atoms with Crippen LogP contribution in [0.3, 0.4) is 0 Å². The lowest BCUT2D eigenvalue weighted by Crippen LogP contribution is -2.12. The molecule has 3 aromatic rings. The second-order valence-corrected chi connectivity index (χ2v) is 7.85. The number of allylic oxidation sites excluding steroid dienone is 1. The summed E-state index contributed by atoms with van der Waals surface area (Å²) in [7, 11) is -3.66. The standard InChI is InChI=1S/C23H20NO4S/c25-21(16-17-28-22-10-3-1-4-11-22)15-14-19-8-7-9-20(18-19)24-29(26,27)23-12-5-2-6-13-23/h1-10,12-15,18,24H,16-17H2/b15-14+. The highest BCUT2D eigenvalue weighted by Gasteiger charge is 2.13. The van der Waals surface area contributed by atoms with E-state index in [2.05, 4.69) is 10.8 Å². The topological polar surface area (TPSA) is 72.5 Å². The molecule has 3 aromatic carbocycles. The van der Waals surface area contributed by atoms with E-state index in [1.807, 2.05) is 12.1 Å². The molecule has 3 rings (SSSR count). The molecule has 0 heterocycles. The molecule has 0 amide bonds. The molecule has 0 spiro atoms. The molecule has 0 aliphatic carbocycles. The van der Waals surface area contributed by atoms with Gasteiger partial charge < -0.3 is 4.74 Å². The first kappa shape index (κ1) is 20.4. The number of rotatable bonds is 9. The van der Waals surface area contributed by atoms with Crippen LogP contribution in [0, 0.1) is 6.07 Å². The zero-order valence-electron chi connectivity index (χ0n) is 15.6. The van der Waals surface area contributed by atoms with E-state index in [4.69, 9.17) is 4.74 Å². The number of para-hydroxylation sites is 1. The second-order valence-electron chi connectivity index (χ2n) is 6.17. The predicted molar refractivity (Wildman–Crippen MR) is 113 cm³/mol. The molecule has 1 N–H and O–H groups in total. The Bertz CT molecular complexity index is 1080. The highest BCUT2D eigenvalue weighted by Crippen LogP contribution is 2.18. The number of hydrogen-bond donors (Lipinski definition) is 1. The molecule has 0 fully saturated rings. The third kappa shape index (κ3) is 6.33. The number of sulfonamides is 1. The molecule has 147 valence electrons. The van der Waals surface area contributed by atoms with Crippen LogP contribution in [0.4, 0.5) is 5.69 Å². The number of hydrogen-bond acceptors (Lipinski definition) is 4. The zero-order chi connectivity index (χ0) is 20.5. The minimum absolute atomic E-state index is 0.0869. The first-order valence-corrected chi connectivity index (χ1v) is 10.5. The molecular weight excluding hydrogens is 386 g/mol. The summed E-state index contributed by atoms with van der Waals surface area (Å²) in [5.41, 5.74) is 1.13. The number of carbonyl (C=O) groups is 1. The fourth-order valence-electron chi connectivity index (χ4n) is 2.52. The van der Waals surface area contributed by atoms with Gasteiger partial charge in [0.25, 0.3) is 10.0 Å². The molecule has 1 radical (unpaired) electrons. The third-order valence-corrected chi connectivity index (χ3v) is 5.34. The van der Waals surface area contributed by atoms with Crippen LogP contribution in [0.2, 0.25) is 0 Å². The SMILES string of the molecule is O=C(/C=C/c1cccc(NS(=O)(=O)c2ccccc2)c1)CCOc1[c]cccc1. The van der Waals surface area contributed by atoms with E-state index in [0.29, 0.717) is 17.0 Å². The van der Waals surface area contributed by atoms with Crippen LogP contribution < -0.4 is 9.46 Å². The molecule has 0 aromatic heterocycles. The number of ketones is 1. The predicted octanol–water partition coefficient (Wildman–Crippen LogP) is 4.34. The van der Waals surface area contributed by atoms with Crippen molar-refractivity contribution in [3.05, 3.63) is 96.6 Å². The van der Waals surface area contributed by atoms with E-state index in [9.17, 15) is 13.2 Å². The van der Waals surface area contributed by atoms with E-state index in [-0.39, 0.29) is 23.7 Å². The number of ether oxygens (including phenoxy) is 1. The molecular formula is C23H20NO4S. The Kier molecular flexibility index (Phi) is 6.81. The molecule has 0 saturated carbocycles. The van der Waals surface area contributed by atoms with Gasteiger partial charge in [0.1, 0.15) is 5.75 Å². The second kappa shape index (κ2) is 9.71. The first-order valence-electron chi connectivity index (χ1n) is 9.01. The van der Waals surface area contributed by atoms with Gasteiger partial charge in [0.15, 0.2) is 5.78 Å². The highest BCUT2D eigenvalue weighted by atomic mass is 32.2. The molecule has 6 heteroatoms. The van der Waals surface area contributed by atoms with Crippen LogP contribution in [0.5, 0.6) is 5.75 Å². The lowest BCUT2D eigenvalue weighted by molar-refractivity contribution is -0.115. The summed E-state index contributed by atoms with van der Waals surface area (Å²) in [4.78, 5) is 12.2. The van der Waals surface area contributed by atoms with E-state index >= 15 is 0 Å². The Morgan fingerprint density at radius 3 is 2.55 bits per heavy atom. The van der Waals surface area contributed by atoms with Crippen molar-refractivity contribution < 1.29 is 17.9 Å². The van der Waals surface area contributed by atoms with Crippen LogP contribution in [-0.4, -0.2) is 20.8 Å². The molecule has 5 nitrogen and oxygen atoms in total. The van der Waals surface area contributed by atoms with Crippen molar-refractivity contribution >= 4 is 27.6 Å². The highest BCUT2D eigenvalue weighted by molar-refractivity contribution is 7.92. The number of nitrogens with one attached hydrogen (secondary N) is 1. The molecule has 0 aliphatic rings. The number of anilines is 1. The van der Waals surface area contributed by atoms with Gasteiger partial charge in [-0.3, -0.25) is 9.52 Å². The van der Waals surface area contributed by atoms with Gasteiger partial charge in [-0.05, 0) is 42.0 Å². The van der Waals surface area contributed by atoms with Crippen molar-refractivity contribution in [1.82, 2.24) is 0 Å². The number of carbonyl (C=O) groups excluding carboxylic acids is 1. The summed E-state index contributed by atoms with van der Waals surface area (Å²) in [6.45, 7) is 0.264. The maximum atomic E-state index is 12.4. The quantitative estimate of drug-likeness (QED) is 0.537. The van der Waals surface area contributed by atoms with Gasteiger partial charge in [0.2, 0.25) is 0 Å². The molecule has 29 heavy (non-hydrogen) atoms. The normalized spacial score (nSPS) is 11.3. The molecule has 0 bridgehead atoms. The van der Waals surface area contributed by atoms with Crippen molar-refractivity contribution in [3.8, 4) is 5.75 Å². The summed E-state index contributed by atoms with van der Waals surface area (Å²) >= 11 is 0. The van der Waals surface area contributed by atoms with Gasteiger partial charge in [-0.25, -0.2) is 8.42 Å². The van der Waals surface area contributed by atoms with E-state index < -0.39 is 10.0 Å². The molecule has 0 saturated heterocycles. The van der Waals surface area contributed by atoms with Crippen LogP contribution in [0.1, 0.15) is 12.0 Å². The Morgan fingerprint density at radius 2 is 1.79 bits per heavy atom. The smallest absolute Gasteiger partial charge is 0.261 e. The zero-order valence-corrected chi connectivity index (χ0v) is 16.4. The monoisotopic (exact) mass is 406 g/mol. The summed E-state index contributed by atoms with van der Waals surface area (Å²) in [6.07, 6.45) is 3.35. The fraction of sp³-hybridized carbons (Fsp3) is 0.0870. The van der Waals surface area contributed by atoms with Gasteiger partial charge in [0, 0.05) is 18.2 Å². The summed E-state index contributed by atoms with van der Waals surface area (Å²) in [5.74, 6) is 0.513. The Hall–Kier alpha value is -3.38. The average Bonchev–Trinajstić information content (AvgIpc) is 2.74. The minimum Gasteiger partial charge on any atom is -0.492 e. The Balaban J connectivity index is 1.57. The maximum absolute atomic E-state index is 12.4. The van der Waals surface area contributed by atoms with Gasteiger partial charge in [0.05, 0.1) is 11.5 Å². The van der Waals surface area contributed by atoms with E-state index in [1.54, 1.807) is 60.7 Å². The van der Waals surface area contributed by atoms with Crippen molar-refractivity contribution in [3.63, 3.8) is 0 Å². The van der Waals surface area contributed by atoms with Crippen LogP contribution in [-0.2, 0) is 14.8 Å². The van der Waals surface area contributed by atoms with Gasteiger partial charge in [-0.2, -0.15) is 0 Å². The molecule has 0 unspecified atom stereocenters. The Labute approximate surface area is 170 Å². The largest absolute Gasteiger partial charge is 0.492 e. The van der Waals surface area contributed by atoms with E-state index in [1.165, 1.54) is 18.2 Å². The van der Waals surface area contributed by atoms with Gasteiger partial charge >= 0.3 is 0 Å². The summed E-state index contributed by atoms with van der Waals surface area (Å²) in [6, 6.07) is 25.1. The number of benzene rings is 3. The van der Waals surface area contributed by atoms with Crippen LogP contribution in [0.15, 0.2) is 89.8 Å². The minimum atomic E-state index is -3.66. The van der Waals surface area contributed by atoms with Crippen molar-refractivity contribution in [2.75, 3.05) is 11.3 Å².